The highest BCUT2D eigenvalue weighted by Gasteiger charge is 2.75. The zero-order valence-electron chi connectivity index (χ0n) is 25.7. The number of rotatable bonds is 10. The van der Waals surface area contributed by atoms with E-state index < -0.39 is 59.8 Å². The van der Waals surface area contributed by atoms with E-state index in [4.69, 9.17) is 0 Å². The van der Waals surface area contributed by atoms with Crippen molar-refractivity contribution in [2.45, 2.75) is 78.3 Å². The second-order valence-corrected chi connectivity index (χ2v) is 15.3. The van der Waals surface area contributed by atoms with E-state index in [9.17, 15) is 48.9 Å². The van der Waals surface area contributed by atoms with Crippen molar-refractivity contribution in [3.05, 3.63) is 68.8 Å². The van der Waals surface area contributed by atoms with Crippen LogP contribution < -0.4 is 10.0 Å². The summed E-state index contributed by atoms with van der Waals surface area (Å²) in [6.45, 7) is 12.6. The number of anilines is 2. The molecule has 0 bridgehead atoms. The third-order valence-corrected chi connectivity index (χ3v) is 11.3. The first-order valence-electron chi connectivity index (χ1n) is 13.9. The van der Waals surface area contributed by atoms with Crippen LogP contribution in [0.25, 0.3) is 0 Å². The Morgan fingerprint density at radius 3 is 1.00 bits per heavy atom. The van der Waals surface area contributed by atoms with E-state index in [1.165, 1.54) is 44.3 Å². The Labute approximate surface area is 255 Å². The maximum Gasteiger partial charge on any atom is 0.369 e. The molecule has 2 unspecified atom stereocenters. The maximum atomic E-state index is 14.1. The van der Waals surface area contributed by atoms with Crippen LogP contribution in [0.2, 0.25) is 0 Å². The second kappa shape index (κ2) is 12.1. The van der Waals surface area contributed by atoms with Crippen molar-refractivity contribution < 1.29 is 38.6 Å². The average Bonchev–Trinajstić information content (AvgIpc) is 2.89. The zero-order valence-corrected chi connectivity index (χ0v) is 27.5. The SMILES string of the molecule is CC(C)N1N(c2ccc([N+](=O)[O-])cc2)C(C(C)C)(P(=O)(O)O)N(C(C)C)N(c2ccc([N+](=O)[O-])cc2)C1(C(C)C)P(=O)(O)O. The molecule has 18 heteroatoms. The van der Waals surface area contributed by atoms with Crippen LogP contribution in [0.5, 0.6) is 0 Å². The summed E-state index contributed by atoms with van der Waals surface area (Å²) < 4.78 is 28.2. The van der Waals surface area contributed by atoms with Crippen LogP contribution in [0.3, 0.4) is 0 Å². The second-order valence-electron chi connectivity index (χ2n) is 11.8. The Balaban J connectivity index is 2.71. The summed E-state index contributed by atoms with van der Waals surface area (Å²) in [6.07, 6.45) is 0. The summed E-state index contributed by atoms with van der Waals surface area (Å²) in [5.74, 6) is -1.94. The summed E-state index contributed by atoms with van der Waals surface area (Å²) in [4.78, 5) is 67.4. The minimum atomic E-state index is -5.42. The van der Waals surface area contributed by atoms with Crippen LogP contribution in [-0.4, -0.2) is 62.3 Å². The predicted molar refractivity (Wildman–Crippen MR) is 164 cm³/mol. The molecule has 2 aromatic carbocycles. The van der Waals surface area contributed by atoms with Crippen LogP contribution in [0.4, 0.5) is 22.7 Å². The van der Waals surface area contributed by atoms with Gasteiger partial charge in [-0.15, -0.1) is 0 Å². The molecule has 1 fully saturated rings. The maximum absolute atomic E-state index is 14.1. The fourth-order valence-electron chi connectivity index (χ4n) is 6.29. The molecule has 1 aliphatic rings. The number of hydrogen-bond donors (Lipinski definition) is 4. The van der Waals surface area contributed by atoms with Crippen molar-refractivity contribution in [3.8, 4) is 0 Å². The smallest absolute Gasteiger partial charge is 0.322 e. The summed E-state index contributed by atoms with van der Waals surface area (Å²) in [6, 6.07) is 8.03. The molecule has 3 rings (SSSR count). The molecule has 0 radical (unpaired) electrons. The highest BCUT2D eigenvalue weighted by atomic mass is 31.2. The number of hydrazine groups is 2. The van der Waals surface area contributed by atoms with E-state index in [1.54, 1.807) is 55.4 Å². The van der Waals surface area contributed by atoms with E-state index in [-0.39, 0.29) is 22.7 Å². The van der Waals surface area contributed by atoms with Crippen LogP contribution in [0, 0.1) is 32.1 Å². The molecule has 1 heterocycles. The Morgan fingerprint density at radius 1 is 0.591 bits per heavy atom. The molecule has 1 saturated heterocycles. The Hall–Kier alpha value is -2.94. The molecule has 44 heavy (non-hydrogen) atoms. The lowest BCUT2D eigenvalue weighted by Gasteiger charge is -2.72. The van der Waals surface area contributed by atoms with Crippen molar-refractivity contribution in [3.63, 3.8) is 0 Å². The lowest BCUT2D eigenvalue weighted by Crippen LogP contribution is -2.88. The number of non-ortho nitro benzene ring substituents is 2. The molecule has 244 valence electrons. The first kappa shape index (κ1) is 35.5. The van der Waals surface area contributed by atoms with Gasteiger partial charge in [-0.3, -0.25) is 39.4 Å². The van der Waals surface area contributed by atoms with Gasteiger partial charge in [-0.1, -0.05) is 27.7 Å². The molecule has 2 aromatic rings. The van der Waals surface area contributed by atoms with Gasteiger partial charge in [0, 0.05) is 48.2 Å². The van der Waals surface area contributed by atoms with Gasteiger partial charge in [0.15, 0.2) is 0 Å². The van der Waals surface area contributed by atoms with Crippen molar-refractivity contribution in [1.29, 1.82) is 0 Å². The minimum absolute atomic E-state index is 0.0359. The Morgan fingerprint density at radius 2 is 0.841 bits per heavy atom. The third-order valence-electron chi connectivity index (χ3n) is 7.72. The molecule has 0 aliphatic carbocycles. The lowest BCUT2D eigenvalue weighted by molar-refractivity contribution is -0.385. The molecule has 4 N–H and O–H groups in total. The Bertz CT molecular complexity index is 1370. The van der Waals surface area contributed by atoms with E-state index >= 15 is 0 Å². The molecule has 16 nitrogen and oxygen atoms in total. The molecule has 1 aliphatic heterocycles. The normalized spacial score (nSPS) is 22.5. The fourth-order valence-corrected chi connectivity index (χ4v) is 9.73. The first-order valence-corrected chi connectivity index (χ1v) is 17.1. The van der Waals surface area contributed by atoms with Crippen LogP contribution in [0.15, 0.2) is 48.5 Å². The van der Waals surface area contributed by atoms with Crippen molar-refractivity contribution >= 4 is 37.9 Å². The highest BCUT2D eigenvalue weighted by Crippen LogP contribution is 2.70. The molecular formula is C26H40N6O10P2. The molecule has 0 saturated carbocycles. The van der Waals surface area contributed by atoms with Gasteiger partial charge in [0.1, 0.15) is 0 Å². The summed E-state index contributed by atoms with van der Waals surface area (Å²) in [5.41, 5.74) is -0.527. The third kappa shape index (κ3) is 5.33. The lowest BCUT2D eigenvalue weighted by atomic mass is 10.0. The molecule has 2 atom stereocenters. The molecule has 0 spiro atoms. The summed E-state index contributed by atoms with van der Waals surface area (Å²) >= 11 is 0. The summed E-state index contributed by atoms with van der Waals surface area (Å²) in [7, 11) is -10.8. The monoisotopic (exact) mass is 658 g/mol. The van der Waals surface area contributed by atoms with Gasteiger partial charge in [0.25, 0.3) is 11.4 Å². The van der Waals surface area contributed by atoms with Gasteiger partial charge in [0.05, 0.1) is 21.2 Å². The largest absolute Gasteiger partial charge is 0.369 e. The summed E-state index contributed by atoms with van der Waals surface area (Å²) in [5, 5.41) is 23.1. The van der Waals surface area contributed by atoms with Crippen molar-refractivity contribution in [2.24, 2.45) is 11.8 Å². The molecule has 0 amide bonds. The number of hydrogen-bond acceptors (Lipinski definition) is 10. The number of nitro benzene ring substituents is 2. The van der Waals surface area contributed by atoms with Crippen molar-refractivity contribution in [1.82, 2.24) is 10.0 Å². The molecular weight excluding hydrogens is 618 g/mol. The Kier molecular flexibility index (Phi) is 9.78. The standard InChI is InChI=1S/C26H40N6O10P2/c1-17(2)25(43(37,38)39)27(19(5)6)30(22-11-15-24(16-12-22)32(35)36)26(18(3)4,44(40,41)42)28(20(7)8)29(25)21-9-13-23(14-10-21)31(33)34/h9-20H,1-8H3,(H2,37,38,39)(H2,40,41,42). The molecule has 0 aromatic heterocycles. The van der Waals surface area contributed by atoms with Crippen LogP contribution in [-0.2, 0) is 9.13 Å². The highest BCUT2D eigenvalue weighted by molar-refractivity contribution is 7.54. The number of nitro groups is 2. The van der Waals surface area contributed by atoms with E-state index in [2.05, 4.69) is 0 Å². The van der Waals surface area contributed by atoms with Crippen LogP contribution in [0.1, 0.15) is 55.4 Å². The number of benzene rings is 2. The van der Waals surface area contributed by atoms with E-state index in [1.807, 2.05) is 0 Å². The van der Waals surface area contributed by atoms with E-state index in [0.29, 0.717) is 0 Å². The zero-order chi connectivity index (χ0) is 33.7. The topological polar surface area (TPSA) is 214 Å². The predicted octanol–water partition coefficient (Wildman–Crippen LogP) is 5.06. The van der Waals surface area contributed by atoms with Crippen LogP contribution >= 0.6 is 15.2 Å². The minimum Gasteiger partial charge on any atom is -0.322 e. The van der Waals surface area contributed by atoms with Crippen molar-refractivity contribution in [2.75, 3.05) is 10.0 Å². The van der Waals surface area contributed by atoms with Gasteiger partial charge in [-0.2, -0.15) is 10.0 Å². The first-order chi connectivity index (χ1) is 20.1. The van der Waals surface area contributed by atoms with Gasteiger partial charge >= 0.3 is 15.2 Å². The van der Waals surface area contributed by atoms with Gasteiger partial charge < -0.3 is 19.6 Å². The number of nitrogens with zero attached hydrogens (tertiary/aromatic N) is 6. The van der Waals surface area contributed by atoms with Gasteiger partial charge in [-0.25, -0.2) is 0 Å². The average molecular weight is 659 g/mol. The quantitative estimate of drug-likeness (QED) is 0.149. The van der Waals surface area contributed by atoms with Gasteiger partial charge in [-0.05, 0) is 52.0 Å². The van der Waals surface area contributed by atoms with Gasteiger partial charge in [0.2, 0.25) is 10.8 Å². The fraction of sp³-hybridized carbons (Fsp3) is 0.538. The van der Waals surface area contributed by atoms with E-state index in [0.717, 1.165) is 24.3 Å².